The summed E-state index contributed by atoms with van der Waals surface area (Å²) in [4.78, 5) is 0. The summed E-state index contributed by atoms with van der Waals surface area (Å²) in [5, 5.41) is 3.57. The maximum absolute atomic E-state index is 13.2. The Morgan fingerprint density at radius 1 is 1.24 bits per heavy atom. The van der Waals surface area contributed by atoms with Crippen molar-refractivity contribution in [3.8, 4) is 0 Å². The van der Waals surface area contributed by atoms with Gasteiger partial charge in [-0.2, -0.15) is 0 Å². The van der Waals surface area contributed by atoms with Crippen LogP contribution in [0.2, 0.25) is 0 Å². The van der Waals surface area contributed by atoms with Gasteiger partial charge in [0, 0.05) is 6.04 Å². The number of rotatable bonds is 2. The molecule has 0 radical (unpaired) electrons. The van der Waals surface area contributed by atoms with Gasteiger partial charge in [0.1, 0.15) is 5.82 Å². The summed E-state index contributed by atoms with van der Waals surface area (Å²) in [5.74, 6) is 0.670. The van der Waals surface area contributed by atoms with Gasteiger partial charge in [-0.05, 0) is 74.2 Å². The van der Waals surface area contributed by atoms with Gasteiger partial charge in [0.2, 0.25) is 0 Å². The summed E-state index contributed by atoms with van der Waals surface area (Å²) in [6, 6.07) is 6.02. The maximum atomic E-state index is 13.2. The van der Waals surface area contributed by atoms with Crippen molar-refractivity contribution in [1.29, 1.82) is 0 Å². The lowest BCUT2D eigenvalue weighted by atomic mass is 9.80. The van der Waals surface area contributed by atoms with Crippen molar-refractivity contribution >= 4 is 0 Å². The summed E-state index contributed by atoms with van der Waals surface area (Å²) < 4.78 is 13.2. The van der Waals surface area contributed by atoms with E-state index in [1.54, 1.807) is 12.1 Å². The third kappa shape index (κ3) is 2.52. The zero-order valence-electron chi connectivity index (χ0n) is 10.2. The van der Waals surface area contributed by atoms with Gasteiger partial charge in [-0.3, -0.25) is 0 Å². The van der Waals surface area contributed by atoms with Crippen LogP contribution in [0.25, 0.3) is 0 Å². The highest BCUT2D eigenvalue weighted by Gasteiger charge is 2.23. The Morgan fingerprint density at radius 3 is 3.00 bits per heavy atom. The molecule has 3 rings (SSSR count). The van der Waals surface area contributed by atoms with Crippen LogP contribution in [0, 0.1) is 11.7 Å². The number of hydrogen-bond donors (Lipinski definition) is 1. The number of fused-ring (bicyclic) bond motifs is 1. The second kappa shape index (κ2) is 4.77. The van der Waals surface area contributed by atoms with Crippen LogP contribution in [0.15, 0.2) is 18.2 Å². The molecule has 1 fully saturated rings. The fourth-order valence-electron chi connectivity index (χ4n) is 3.36. The summed E-state index contributed by atoms with van der Waals surface area (Å²) in [6.45, 7) is 1.18. The standard InChI is InChI=1S/C15H20FN/c16-14-6-5-12-4-3-11(8-13(12)10-14)9-15-2-1-7-17-15/h5-6,10-11,15,17H,1-4,7-9H2. The molecule has 2 aliphatic rings. The van der Waals surface area contributed by atoms with Crippen molar-refractivity contribution in [2.45, 2.75) is 44.6 Å². The van der Waals surface area contributed by atoms with Crippen molar-refractivity contribution in [3.63, 3.8) is 0 Å². The predicted octanol–water partition coefficient (Wildman–Crippen LogP) is 3.07. The highest BCUT2D eigenvalue weighted by Crippen LogP contribution is 2.30. The molecule has 1 aromatic rings. The minimum absolute atomic E-state index is 0.0802. The molecule has 0 saturated carbocycles. The van der Waals surface area contributed by atoms with E-state index in [1.807, 2.05) is 6.07 Å². The van der Waals surface area contributed by atoms with Crippen molar-refractivity contribution < 1.29 is 4.39 Å². The minimum Gasteiger partial charge on any atom is -0.314 e. The van der Waals surface area contributed by atoms with Gasteiger partial charge in [0.15, 0.2) is 0 Å². The Kier molecular flexibility index (Phi) is 3.15. The van der Waals surface area contributed by atoms with Gasteiger partial charge >= 0.3 is 0 Å². The Morgan fingerprint density at radius 2 is 2.18 bits per heavy atom. The summed E-state index contributed by atoms with van der Waals surface area (Å²) in [5.41, 5.74) is 2.61. The topological polar surface area (TPSA) is 12.0 Å². The van der Waals surface area contributed by atoms with Crippen molar-refractivity contribution in [2.24, 2.45) is 5.92 Å². The van der Waals surface area contributed by atoms with Gasteiger partial charge in [0.05, 0.1) is 0 Å². The fourth-order valence-corrected chi connectivity index (χ4v) is 3.36. The molecule has 2 unspecified atom stereocenters. The SMILES string of the molecule is Fc1ccc2c(c1)CC(CC1CCCN1)CC2. The van der Waals surface area contributed by atoms with Crippen molar-refractivity contribution in [3.05, 3.63) is 35.1 Å². The zero-order chi connectivity index (χ0) is 11.7. The van der Waals surface area contributed by atoms with Gasteiger partial charge < -0.3 is 5.32 Å². The van der Waals surface area contributed by atoms with E-state index in [9.17, 15) is 4.39 Å². The molecule has 0 aromatic heterocycles. The number of halogens is 1. The molecule has 2 heteroatoms. The lowest BCUT2D eigenvalue weighted by molar-refractivity contribution is 0.372. The highest BCUT2D eigenvalue weighted by atomic mass is 19.1. The second-order valence-corrected chi connectivity index (χ2v) is 5.55. The first-order chi connectivity index (χ1) is 8.31. The molecule has 1 aliphatic heterocycles. The van der Waals surface area contributed by atoms with Crippen LogP contribution in [0.1, 0.15) is 36.8 Å². The van der Waals surface area contributed by atoms with Gasteiger partial charge in [-0.25, -0.2) is 4.39 Å². The molecular weight excluding hydrogens is 213 g/mol. The van der Waals surface area contributed by atoms with E-state index in [0.29, 0.717) is 0 Å². The molecule has 0 amide bonds. The van der Waals surface area contributed by atoms with Gasteiger partial charge in [-0.1, -0.05) is 6.07 Å². The Hall–Kier alpha value is -0.890. The fraction of sp³-hybridized carbons (Fsp3) is 0.600. The van der Waals surface area contributed by atoms with E-state index >= 15 is 0 Å². The Bertz CT molecular complexity index is 396. The average Bonchev–Trinajstić information content (AvgIpc) is 2.81. The van der Waals surface area contributed by atoms with E-state index in [-0.39, 0.29) is 5.82 Å². The summed E-state index contributed by atoms with van der Waals surface area (Å²) in [6.07, 6.45) is 7.40. The summed E-state index contributed by atoms with van der Waals surface area (Å²) in [7, 11) is 0. The van der Waals surface area contributed by atoms with Gasteiger partial charge in [0.25, 0.3) is 0 Å². The molecule has 1 heterocycles. The van der Waals surface area contributed by atoms with Crippen molar-refractivity contribution in [2.75, 3.05) is 6.54 Å². The van der Waals surface area contributed by atoms with Gasteiger partial charge in [-0.15, -0.1) is 0 Å². The molecule has 92 valence electrons. The Labute approximate surface area is 102 Å². The lowest BCUT2D eigenvalue weighted by Crippen LogP contribution is -2.27. The molecule has 0 spiro atoms. The molecule has 1 nitrogen and oxygen atoms in total. The minimum atomic E-state index is -0.0802. The van der Waals surface area contributed by atoms with Crippen LogP contribution in [0.3, 0.4) is 0 Å². The predicted molar refractivity (Wildman–Crippen MR) is 67.6 cm³/mol. The number of nitrogens with one attached hydrogen (secondary N) is 1. The van der Waals surface area contributed by atoms with Crippen LogP contribution in [-0.4, -0.2) is 12.6 Å². The first kappa shape index (κ1) is 11.2. The molecule has 0 bridgehead atoms. The number of benzene rings is 1. The zero-order valence-corrected chi connectivity index (χ0v) is 10.2. The number of aryl methyl sites for hydroxylation is 1. The van der Waals surface area contributed by atoms with Crippen LogP contribution in [0.5, 0.6) is 0 Å². The molecule has 2 atom stereocenters. The van der Waals surface area contributed by atoms with E-state index in [2.05, 4.69) is 5.32 Å². The van der Waals surface area contributed by atoms with Crippen LogP contribution >= 0.6 is 0 Å². The summed E-state index contributed by atoms with van der Waals surface area (Å²) >= 11 is 0. The second-order valence-electron chi connectivity index (χ2n) is 5.55. The third-order valence-electron chi connectivity index (χ3n) is 4.28. The maximum Gasteiger partial charge on any atom is 0.123 e. The smallest absolute Gasteiger partial charge is 0.123 e. The van der Waals surface area contributed by atoms with E-state index in [1.165, 1.54) is 43.4 Å². The first-order valence-electron chi connectivity index (χ1n) is 6.82. The lowest BCUT2D eigenvalue weighted by Gasteiger charge is -2.26. The van der Waals surface area contributed by atoms with E-state index in [4.69, 9.17) is 0 Å². The largest absolute Gasteiger partial charge is 0.314 e. The van der Waals surface area contributed by atoms with Crippen LogP contribution in [-0.2, 0) is 12.8 Å². The molecule has 1 aliphatic carbocycles. The Balaban J connectivity index is 1.67. The third-order valence-corrected chi connectivity index (χ3v) is 4.28. The quantitative estimate of drug-likeness (QED) is 0.827. The van der Waals surface area contributed by atoms with Crippen LogP contribution in [0.4, 0.5) is 4.39 Å². The van der Waals surface area contributed by atoms with E-state index in [0.717, 1.165) is 24.8 Å². The monoisotopic (exact) mass is 233 g/mol. The molecular formula is C15H20FN. The molecule has 1 aromatic carbocycles. The number of hydrogen-bond acceptors (Lipinski definition) is 1. The van der Waals surface area contributed by atoms with E-state index < -0.39 is 0 Å². The molecule has 1 N–H and O–H groups in total. The molecule has 1 saturated heterocycles. The average molecular weight is 233 g/mol. The normalized spacial score (nSPS) is 28.1. The first-order valence-corrected chi connectivity index (χ1v) is 6.82. The molecule has 17 heavy (non-hydrogen) atoms. The highest BCUT2D eigenvalue weighted by molar-refractivity contribution is 5.30. The van der Waals surface area contributed by atoms with Crippen molar-refractivity contribution in [1.82, 2.24) is 5.32 Å². The van der Waals surface area contributed by atoms with Crippen LogP contribution < -0.4 is 5.32 Å².